The predicted octanol–water partition coefficient (Wildman–Crippen LogP) is 3.77. The lowest BCUT2D eigenvalue weighted by Crippen LogP contribution is -2.28. The van der Waals surface area contributed by atoms with E-state index in [1.165, 1.54) is 5.56 Å². The van der Waals surface area contributed by atoms with Crippen molar-refractivity contribution in [2.75, 3.05) is 18.9 Å². The third kappa shape index (κ3) is 4.64. The van der Waals surface area contributed by atoms with E-state index in [0.29, 0.717) is 5.92 Å². The maximum Gasteiger partial charge on any atom is 0.229 e. The summed E-state index contributed by atoms with van der Waals surface area (Å²) in [5.41, 5.74) is 1.82. The van der Waals surface area contributed by atoms with Crippen LogP contribution in [0.25, 0.3) is 0 Å². The van der Waals surface area contributed by atoms with Gasteiger partial charge in [0.1, 0.15) is 0 Å². The summed E-state index contributed by atoms with van der Waals surface area (Å²) in [5.74, 6) is 0.535. The topological polar surface area (TPSA) is 41.1 Å². The molecule has 20 heavy (non-hydrogen) atoms. The second-order valence-corrected chi connectivity index (χ2v) is 6.29. The number of anilines is 1. The van der Waals surface area contributed by atoms with Gasteiger partial charge in [0, 0.05) is 11.1 Å². The van der Waals surface area contributed by atoms with E-state index in [4.69, 9.17) is 0 Å². The molecule has 0 saturated carbocycles. The minimum Gasteiger partial charge on any atom is -0.325 e. The summed E-state index contributed by atoms with van der Waals surface area (Å²) < 4.78 is 0. The zero-order chi connectivity index (χ0) is 15.2. The van der Waals surface area contributed by atoms with Gasteiger partial charge in [0.05, 0.1) is 0 Å². The summed E-state index contributed by atoms with van der Waals surface area (Å²) in [5, 5.41) is 6.28. The standard InChI is InChI=1S/C17H28N2O/c1-6-13(11-12-18-5)14-9-7-8-10-15(14)19-16(20)17(2,3)4/h7-10,13,18H,6,11-12H2,1-5H3,(H,19,20). The van der Waals surface area contributed by atoms with E-state index >= 15 is 0 Å². The average Bonchev–Trinajstić information content (AvgIpc) is 2.40. The SMILES string of the molecule is CCC(CCNC)c1ccccc1NC(=O)C(C)(C)C. The Morgan fingerprint density at radius 2 is 1.90 bits per heavy atom. The maximum absolute atomic E-state index is 12.2. The fourth-order valence-corrected chi connectivity index (χ4v) is 2.17. The minimum atomic E-state index is -0.375. The van der Waals surface area contributed by atoms with Gasteiger partial charge in [-0.2, -0.15) is 0 Å². The van der Waals surface area contributed by atoms with Crippen LogP contribution in [0.5, 0.6) is 0 Å². The molecular formula is C17H28N2O. The molecule has 3 heteroatoms. The van der Waals surface area contributed by atoms with Crippen molar-refractivity contribution < 1.29 is 4.79 Å². The molecule has 0 aliphatic carbocycles. The van der Waals surface area contributed by atoms with Crippen LogP contribution in [0, 0.1) is 5.41 Å². The molecule has 0 saturated heterocycles. The average molecular weight is 276 g/mol. The molecule has 3 nitrogen and oxygen atoms in total. The molecule has 1 unspecified atom stereocenters. The molecule has 0 aliphatic rings. The van der Waals surface area contributed by atoms with Gasteiger partial charge in [-0.15, -0.1) is 0 Å². The van der Waals surface area contributed by atoms with E-state index in [1.54, 1.807) is 0 Å². The predicted molar refractivity (Wildman–Crippen MR) is 86.1 cm³/mol. The molecule has 0 aromatic heterocycles. The Balaban J connectivity index is 2.95. The lowest BCUT2D eigenvalue weighted by atomic mass is 9.90. The fourth-order valence-electron chi connectivity index (χ4n) is 2.17. The van der Waals surface area contributed by atoms with Crippen molar-refractivity contribution in [2.45, 2.75) is 46.5 Å². The zero-order valence-corrected chi connectivity index (χ0v) is 13.4. The first kappa shape index (κ1) is 16.7. The Labute approximate surface area is 123 Å². The molecule has 0 fully saturated rings. The van der Waals surface area contributed by atoms with Crippen molar-refractivity contribution in [3.05, 3.63) is 29.8 Å². The van der Waals surface area contributed by atoms with Crippen LogP contribution in [0.1, 0.15) is 52.0 Å². The van der Waals surface area contributed by atoms with Crippen LogP contribution >= 0.6 is 0 Å². The van der Waals surface area contributed by atoms with Crippen molar-refractivity contribution in [3.8, 4) is 0 Å². The molecule has 0 spiro atoms. The van der Waals surface area contributed by atoms with Gasteiger partial charge in [-0.05, 0) is 44.0 Å². The van der Waals surface area contributed by atoms with Gasteiger partial charge in [-0.25, -0.2) is 0 Å². The molecule has 1 amide bonds. The Bertz CT molecular complexity index is 435. The number of benzene rings is 1. The van der Waals surface area contributed by atoms with Gasteiger partial charge in [0.25, 0.3) is 0 Å². The number of carbonyl (C=O) groups excluding carboxylic acids is 1. The summed E-state index contributed by atoms with van der Waals surface area (Å²) in [4.78, 5) is 12.2. The zero-order valence-electron chi connectivity index (χ0n) is 13.4. The van der Waals surface area contributed by atoms with Crippen LogP contribution in [0.4, 0.5) is 5.69 Å². The van der Waals surface area contributed by atoms with Gasteiger partial charge in [0.2, 0.25) is 5.91 Å². The quantitative estimate of drug-likeness (QED) is 0.830. The molecular weight excluding hydrogens is 248 g/mol. The van der Waals surface area contributed by atoms with Crippen molar-refractivity contribution in [1.82, 2.24) is 5.32 Å². The first-order chi connectivity index (χ1) is 9.40. The van der Waals surface area contributed by atoms with E-state index in [1.807, 2.05) is 46.0 Å². The Hall–Kier alpha value is -1.35. The molecule has 1 aromatic carbocycles. The summed E-state index contributed by atoms with van der Waals surface area (Å²) in [6.07, 6.45) is 2.15. The van der Waals surface area contributed by atoms with Crippen molar-refractivity contribution in [1.29, 1.82) is 0 Å². The highest BCUT2D eigenvalue weighted by atomic mass is 16.2. The van der Waals surface area contributed by atoms with Crippen LogP contribution in [-0.4, -0.2) is 19.5 Å². The first-order valence-corrected chi connectivity index (χ1v) is 7.45. The van der Waals surface area contributed by atoms with Crippen molar-refractivity contribution >= 4 is 11.6 Å². The van der Waals surface area contributed by atoms with Gasteiger partial charge >= 0.3 is 0 Å². The molecule has 1 rings (SSSR count). The number of para-hydroxylation sites is 1. The van der Waals surface area contributed by atoms with Gasteiger partial charge in [-0.1, -0.05) is 45.9 Å². The minimum absolute atomic E-state index is 0.0634. The smallest absolute Gasteiger partial charge is 0.229 e. The lowest BCUT2D eigenvalue weighted by molar-refractivity contribution is -0.123. The second-order valence-electron chi connectivity index (χ2n) is 6.29. The van der Waals surface area contributed by atoms with Crippen LogP contribution < -0.4 is 10.6 Å². The molecule has 2 N–H and O–H groups in total. The Morgan fingerprint density at radius 1 is 1.25 bits per heavy atom. The van der Waals surface area contributed by atoms with E-state index in [2.05, 4.69) is 23.6 Å². The van der Waals surface area contributed by atoms with Crippen LogP contribution in [0.15, 0.2) is 24.3 Å². The van der Waals surface area contributed by atoms with E-state index in [-0.39, 0.29) is 11.3 Å². The maximum atomic E-state index is 12.2. The summed E-state index contributed by atoms with van der Waals surface area (Å²) in [7, 11) is 1.97. The second kappa shape index (κ2) is 7.44. The van der Waals surface area contributed by atoms with Gasteiger partial charge in [0.15, 0.2) is 0 Å². The third-order valence-corrected chi connectivity index (χ3v) is 3.57. The highest BCUT2D eigenvalue weighted by Crippen LogP contribution is 2.30. The number of rotatable bonds is 6. The third-order valence-electron chi connectivity index (χ3n) is 3.57. The first-order valence-electron chi connectivity index (χ1n) is 7.45. The Morgan fingerprint density at radius 3 is 2.45 bits per heavy atom. The van der Waals surface area contributed by atoms with E-state index < -0.39 is 0 Å². The summed E-state index contributed by atoms with van der Waals surface area (Å²) in [6, 6.07) is 8.15. The largest absolute Gasteiger partial charge is 0.325 e. The van der Waals surface area contributed by atoms with Crippen LogP contribution in [0.2, 0.25) is 0 Å². The van der Waals surface area contributed by atoms with Crippen LogP contribution in [-0.2, 0) is 4.79 Å². The summed E-state index contributed by atoms with van der Waals surface area (Å²) >= 11 is 0. The lowest BCUT2D eigenvalue weighted by Gasteiger charge is -2.23. The highest BCUT2D eigenvalue weighted by molar-refractivity contribution is 5.95. The molecule has 1 atom stereocenters. The van der Waals surface area contributed by atoms with E-state index in [0.717, 1.165) is 25.1 Å². The highest BCUT2D eigenvalue weighted by Gasteiger charge is 2.23. The van der Waals surface area contributed by atoms with Crippen molar-refractivity contribution in [3.63, 3.8) is 0 Å². The van der Waals surface area contributed by atoms with Gasteiger partial charge < -0.3 is 10.6 Å². The van der Waals surface area contributed by atoms with Crippen molar-refractivity contribution in [2.24, 2.45) is 5.41 Å². The normalized spacial score (nSPS) is 13.1. The van der Waals surface area contributed by atoms with E-state index in [9.17, 15) is 4.79 Å². The number of hydrogen-bond acceptors (Lipinski definition) is 2. The fraction of sp³-hybridized carbons (Fsp3) is 0.588. The molecule has 0 radical (unpaired) electrons. The molecule has 0 heterocycles. The molecule has 1 aromatic rings. The molecule has 112 valence electrons. The van der Waals surface area contributed by atoms with Gasteiger partial charge in [-0.3, -0.25) is 4.79 Å². The van der Waals surface area contributed by atoms with Crippen LogP contribution in [0.3, 0.4) is 0 Å². The molecule has 0 bridgehead atoms. The monoisotopic (exact) mass is 276 g/mol. The number of carbonyl (C=O) groups is 1. The Kier molecular flexibility index (Phi) is 6.21. The number of nitrogens with one attached hydrogen (secondary N) is 2. The molecule has 0 aliphatic heterocycles. The number of amides is 1. The number of hydrogen-bond donors (Lipinski definition) is 2. The summed E-state index contributed by atoms with van der Waals surface area (Å²) in [6.45, 7) is 8.98.